The number of hydrogen-bond acceptors (Lipinski definition) is 1. The first-order valence-electron chi connectivity index (χ1n) is 23.2. The molecule has 0 aliphatic heterocycles. The zero-order valence-electron chi connectivity index (χ0n) is 36.8. The van der Waals surface area contributed by atoms with Gasteiger partial charge in [0.15, 0.2) is 0 Å². The van der Waals surface area contributed by atoms with Gasteiger partial charge in [0, 0.05) is 40.1 Å². The number of nitrogens with zero attached hydrogens (tertiary/aromatic N) is 2. The predicted octanol–water partition coefficient (Wildman–Crippen LogP) is 16.8. The third-order valence-corrected chi connectivity index (χ3v) is 13.5. The lowest BCUT2D eigenvalue weighted by molar-refractivity contribution is 0.716. The molecule has 66 heavy (non-hydrogen) atoms. The minimum absolute atomic E-state index is 0.177. The fraction of sp³-hybridized carbons (Fsp3) is 0.0625. The van der Waals surface area contributed by atoms with Gasteiger partial charge in [-0.1, -0.05) is 200 Å². The highest BCUT2D eigenvalue weighted by molar-refractivity contribution is 6.12. The average Bonchev–Trinajstić information content (AvgIpc) is 3.71. The lowest BCUT2D eigenvalue weighted by Gasteiger charge is -2.35. The van der Waals surface area contributed by atoms with Crippen LogP contribution in [0.4, 0.5) is 5.69 Å². The summed E-state index contributed by atoms with van der Waals surface area (Å²) >= 11 is 0. The van der Waals surface area contributed by atoms with Crippen LogP contribution in [-0.2, 0) is 6.42 Å². The number of aromatic nitrogens is 1. The number of benzene rings is 9. The van der Waals surface area contributed by atoms with Crippen molar-refractivity contribution in [2.75, 3.05) is 4.90 Å². The summed E-state index contributed by atoms with van der Waals surface area (Å²) in [7, 11) is 0. The van der Waals surface area contributed by atoms with Crippen molar-refractivity contribution in [2.24, 2.45) is 0 Å². The predicted molar refractivity (Wildman–Crippen MR) is 282 cm³/mol. The Morgan fingerprint density at radius 3 is 1.88 bits per heavy atom. The van der Waals surface area contributed by atoms with Crippen molar-refractivity contribution in [3.8, 4) is 39.1 Å². The van der Waals surface area contributed by atoms with E-state index in [4.69, 9.17) is 0 Å². The Kier molecular flexibility index (Phi) is 10.2. The molecule has 2 nitrogen and oxygen atoms in total. The minimum Gasteiger partial charge on any atom is -0.334 e. The zero-order chi connectivity index (χ0) is 43.8. The van der Waals surface area contributed by atoms with Crippen molar-refractivity contribution in [1.29, 1.82) is 0 Å². The van der Waals surface area contributed by atoms with E-state index in [1.807, 2.05) is 0 Å². The van der Waals surface area contributed by atoms with Gasteiger partial charge in [-0.15, -0.1) is 0 Å². The second-order valence-electron chi connectivity index (χ2n) is 17.5. The van der Waals surface area contributed by atoms with E-state index in [9.17, 15) is 0 Å². The standard InChI is InChI=1S/C64H48N2/c1-6-17-47(18-7-1)57-27-16-28-61-56(39-40-58(64(57)61)48-19-8-2-9-20-48)51-35-34-49-41-45(31-33-50(49)43-51)29-30-46-32-37-59-60-38-36-55(44-63(60)66(62(59)42-46)54-25-14-5-15-26-54)65(52-21-10-3-11-22-52)53-23-12-4-13-24-53/h1-3,5-12,14-43,55H,4,13,44H2/b30-29+. The second-order valence-corrected chi connectivity index (χ2v) is 17.5. The van der Waals surface area contributed by atoms with Crippen LogP contribution in [0.1, 0.15) is 35.2 Å². The summed E-state index contributed by atoms with van der Waals surface area (Å²) in [6.07, 6.45) is 19.4. The fourth-order valence-corrected chi connectivity index (χ4v) is 10.4. The first-order valence-corrected chi connectivity index (χ1v) is 23.2. The van der Waals surface area contributed by atoms with Gasteiger partial charge in [0.1, 0.15) is 0 Å². The number of allylic oxidation sites excluding steroid dienone is 3. The smallest absolute Gasteiger partial charge is 0.0580 e. The molecule has 1 heterocycles. The monoisotopic (exact) mass is 844 g/mol. The van der Waals surface area contributed by atoms with Gasteiger partial charge >= 0.3 is 0 Å². The second kappa shape index (κ2) is 17.1. The van der Waals surface area contributed by atoms with Crippen molar-refractivity contribution < 1.29 is 0 Å². The average molecular weight is 845 g/mol. The number of anilines is 1. The fourth-order valence-electron chi connectivity index (χ4n) is 10.4. The highest BCUT2D eigenvalue weighted by Gasteiger charge is 2.28. The van der Waals surface area contributed by atoms with E-state index in [1.165, 1.54) is 105 Å². The van der Waals surface area contributed by atoms with Crippen LogP contribution in [0, 0.1) is 0 Å². The van der Waals surface area contributed by atoms with Gasteiger partial charge in [0.25, 0.3) is 0 Å². The molecular formula is C64H48N2. The number of fused-ring (bicyclic) bond motifs is 5. The minimum atomic E-state index is 0.177. The molecule has 1 aromatic heterocycles. The normalized spacial score (nSPS) is 14.5. The van der Waals surface area contributed by atoms with E-state index in [2.05, 4.69) is 258 Å². The summed E-state index contributed by atoms with van der Waals surface area (Å²) in [4.78, 5) is 2.52. The van der Waals surface area contributed by atoms with Gasteiger partial charge in [-0.05, 0) is 127 Å². The van der Waals surface area contributed by atoms with Crippen LogP contribution in [-0.4, -0.2) is 10.6 Å². The summed E-state index contributed by atoms with van der Waals surface area (Å²) in [6, 6.07) is 75.5. The maximum Gasteiger partial charge on any atom is 0.0580 e. The van der Waals surface area contributed by atoms with Crippen LogP contribution in [0.2, 0.25) is 0 Å². The Bertz CT molecular complexity index is 3490. The van der Waals surface area contributed by atoms with Crippen LogP contribution in [0.15, 0.2) is 236 Å². The van der Waals surface area contributed by atoms with E-state index < -0.39 is 0 Å². The molecular weight excluding hydrogens is 797 g/mol. The summed E-state index contributed by atoms with van der Waals surface area (Å²) in [5.74, 6) is 0. The molecule has 9 aromatic carbocycles. The van der Waals surface area contributed by atoms with Crippen molar-refractivity contribution in [1.82, 2.24) is 4.57 Å². The topological polar surface area (TPSA) is 8.17 Å². The van der Waals surface area contributed by atoms with E-state index in [-0.39, 0.29) is 6.04 Å². The zero-order valence-corrected chi connectivity index (χ0v) is 36.8. The summed E-state index contributed by atoms with van der Waals surface area (Å²) in [5.41, 5.74) is 17.3. The van der Waals surface area contributed by atoms with Crippen molar-refractivity contribution in [3.63, 3.8) is 0 Å². The molecule has 0 radical (unpaired) electrons. The first kappa shape index (κ1) is 39.4. The summed E-state index contributed by atoms with van der Waals surface area (Å²) < 4.78 is 2.50. The quantitative estimate of drug-likeness (QED) is 0.131. The van der Waals surface area contributed by atoms with Crippen molar-refractivity contribution >= 4 is 56.4 Å². The molecule has 12 rings (SSSR count). The van der Waals surface area contributed by atoms with Crippen LogP contribution < -0.4 is 4.90 Å². The van der Waals surface area contributed by atoms with Crippen molar-refractivity contribution in [2.45, 2.75) is 25.3 Å². The number of rotatable bonds is 9. The number of para-hydroxylation sites is 2. The molecule has 0 saturated carbocycles. The van der Waals surface area contributed by atoms with E-state index in [0.717, 1.165) is 19.3 Å². The molecule has 10 aromatic rings. The van der Waals surface area contributed by atoms with Gasteiger partial charge in [-0.2, -0.15) is 0 Å². The molecule has 0 N–H and O–H groups in total. The SMILES string of the molecule is C1=CC(N(c2ccccc2)C2C=Cc3c(n(-c4ccccc4)c4cc(/C=C/c5ccc6cc(-c7ccc(-c8ccccc8)c8c(-c9ccccc9)cccc78)ccc6c5)ccc34)C2)=CCC1. The molecule has 0 bridgehead atoms. The third kappa shape index (κ3) is 7.27. The Balaban J connectivity index is 0.877. The van der Waals surface area contributed by atoms with Gasteiger partial charge < -0.3 is 9.47 Å². The maximum atomic E-state index is 2.52. The van der Waals surface area contributed by atoms with Gasteiger partial charge in [-0.3, -0.25) is 0 Å². The molecule has 2 heteroatoms. The Morgan fingerprint density at radius 2 is 1.14 bits per heavy atom. The lowest BCUT2D eigenvalue weighted by Crippen LogP contribution is -2.36. The summed E-state index contributed by atoms with van der Waals surface area (Å²) in [5, 5.41) is 6.27. The molecule has 1 unspecified atom stereocenters. The van der Waals surface area contributed by atoms with Crippen LogP contribution in [0.25, 0.3) is 89.7 Å². The molecule has 2 aliphatic carbocycles. The molecule has 0 spiro atoms. The van der Waals surface area contributed by atoms with E-state index in [0.29, 0.717) is 0 Å². The lowest BCUT2D eigenvalue weighted by atomic mass is 9.87. The Labute approximate surface area is 387 Å². The molecule has 314 valence electrons. The van der Waals surface area contributed by atoms with Gasteiger partial charge in [-0.25, -0.2) is 0 Å². The molecule has 0 saturated heterocycles. The summed E-state index contributed by atoms with van der Waals surface area (Å²) in [6.45, 7) is 0. The Hall–Kier alpha value is -8.20. The van der Waals surface area contributed by atoms with Gasteiger partial charge in [0.05, 0.1) is 11.6 Å². The van der Waals surface area contributed by atoms with Crippen LogP contribution in [0.5, 0.6) is 0 Å². The highest BCUT2D eigenvalue weighted by Crippen LogP contribution is 2.42. The number of hydrogen-bond donors (Lipinski definition) is 0. The maximum absolute atomic E-state index is 2.52. The van der Waals surface area contributed by atoms with E-state index in [1.54, 1.807) is 0 Å². The largest absolute Gasteiger partial charge is 0.334 e. The van der Waals surface area contributed by atoms with Gasteiger partial charge in [0.2, 0.25) is 0 Å². The van der Waals surface area contributed by atoms with Crippen LogP contribution in [0.3, 0.4) is 0 Å². The highest BCUT2D eigenvalue weighted by atomic mass is 15.2. The Morgan fingerprint density at radius 1 is 0.485 bits per heavy atom. The first-order chi connectivity index (χ1) is 32.7. The molecule has 1 atom stereocenters. The van der Waals surface area contributed by atoms with E-state index >= 15 is 0 Å². The molecule has 0 amide bonds. The molecule has 0 fully saturated rings. The molecule has 2 aliphatic rings. The third-order valence-electron chi connectivity index (χ3n) is 13.5. The van der Waals surface area contributed by atoms with Crippen molar-refractivity contribution in [3.05, 3.63) is 259 Å². The van der Waals surface area contributed by atoms with Crippen LogP contribution >= 0.6 is 0 Å².